The first kappa shape index (κ1) is 33.4. The molecule has 2 aliphatic rings. The lowest BCUT2D eigenvalue weighted by Gasteiger charge is -2.32. The standard InChI is InChI=1S/C32H45N3O6S2/c1-4-23-6-7-28-30(18-23)42-31(33-28)20-25(19-26(36)5-2)32(38)34-27(24-10-14-41-15-11-24)8-9-29(37)22(3)21-35-12-16-43(39,40)17-13-35/h6-7,18,24-25,27H,3-5,8-17,19-21H2,1-2H3,(H,34,38)/t25-,27+/m0/s1. The number of nitrogens with one attached hydrogen (secondary N) is 1. The number of nitrogens with zero attached hydrogens (tertiary/aromatic N) is 2. The zero-order valence-electron chi connectivity index (χ0n) is 25.4. The van der Waals surface area contributed by atoms with Crippen LogP contribution in [0.2, 0.25) is 0 Å². The molecule has 0 aliphatic carbocycles. The maximum Gasteiger partial charge on any atom is 0.224 e. The molecule has 1 aromatic carbocycles. The van der Waals surface area contributed by atoms with Crippen molar-refractivity contribution in [2.24, 2.45) is 11.8 Å². The van der Waals surface area contributed by atoms with Gasteiger partial charge >= 0.3 is 0 Å². The molecule has 2 aromatic rings. The van der Waals surface area contributed by atoms with E-state index in [-0.39, 0.29) is 53.8 Å². The SMILES string of the molecule is C=C(CN1CCS(=O)(=O)CC1)C(=O)CC[C@@H](NC(=O)[C@@H](CC(=O)CC)Cc1nc2ccc(CC)cc2s1)C1CCOCC1. The number of ketones is 2. The highest BCUT2D eigenvalue weighted by Gasteiger charge is 2.31. The Balaban J connectivity index is 1.42. The van der Waals surface area contributed by atoms with Gasteiger partial charge in [-0.1, -0.05) is 26.5 Å². The summed E-state index contributed by atoms with van der Waals surface area (Å²) >= 11 is 1.57. The van der Waals surface area contributed by atoms with Crippen LogP contribution in [0.4, 0.5) is 0 Å². The summed E-state index contributed by atoms with van der Waals surface area (Å²) in [7, 11) is -2.99. The van der Waals surface area contributed by atoms with E-state index in [0.29, 0.717) is 57.7 Å². The molecule has 1 aromatic heterocycles. The number of carbonyl (C=O) groups excluding carboxylic acids is 3. The number of thiazole rings is 1. The lowest BCUT2D eigenvalue weighted by atomic mass is 9.87. The van der Waals surface area contributed by atoms with Gasteiger partial charge in [-0.2, -0.15) is 0 Å². The van der Waals surface area contributed by atoms with Crippen molar-refractivity contribution >= 4 is 48.9 Å². The molecule has 2 aliphatic heterocycles. The average Bonchev–Trinajstić information content (AvgIpc) is 3.41. The zero-order valence-corrected chi connectivity index (χ0v) is 27.1. The number of aryl methyl sites for hydroxylation is 1. The van der Waals surface area contributed by atoms with Gasteiger partial charge in [-0.15, -0.1) is 11.3 Å². The van der Waals surface area contributed by atoms with Crippen molar-refractivity contribution in [1.29, 1.82) is 0 Å². The second-order valence-corrected chi connectivity index (χ2v) is 15.2. The lowest BCUT2D eigenvalue weighted by molar-refractivity contribution is -0.130. The second-order valence-electron chi connectivity index (χ2n) is 11.8. The van der Waals surface area contributed by atoms with Gasteiger partial charge in [-0.25, -0.2) is 13.4 Å². The van der Waals surface area contributed by atoms with Gasteiger partial charge in [0, 0.05) is 70.1 Å². The Morgan fingerprint density at radius 1 is 1.16 bits per heavy atom. The summed E-state index contributed by atoms with van der Waals surface area (Å²) in [6.07, 6.45) is 4.14. The predicted octanol–water partition coefficient (Wildman–Crippen LogP) is 3.93. The summed E-state index contributed by atoms with van der Waals surface area (Å²) in [6, 6.07) is 6.00. The second kappa shape index (κ2) is 15.5. The minimum Gasteiger partial charge on any atom is -0.381 e. The van der Waals surface area contributed by atoms with Crippen LogP contribution >= 0.6 is 11.3 Å². The van der Waals surface area contributed by atoms with Crippen LogP contribution in [0.15, 0.2) is 30.4 Å². The molecule has 0 saturated carbocycles. The number of aromatic nitrogens is 1. The highest BCUT2D eigenvalue weighted by molar-refractivity contribution is 7.91. The number of benzene rings is 1. The number of hydrogen-bond donors (Lipinski definition) is 1. The molecular weight excluding hydrogens is 587 g/mol. The molecular formula is C32H45N3O6S2. The number of Topliss-reactive ketones (excluding diaryl/α,β-unsaturated/α-hetero) is 2. The number of sulfone groups is 1. The maximum atomic E-state index is 13.8. The minimum atomic E-state index is -2.99. The van der Waals surface area contributed by atoms with Gasteiger partial charge in [-0.05, 0) is 49.3 Å². The predicted molar refractivity (Wildman–Crippen MR) is 170 cm³/mol. The van der Waals surface area contributed by atoms with Crippen molar-refractivity contribution in [3.63, 3.8) is 0 Å². The molecule has 236 valence electrons. The highest BCUT2D eigenvalue weighted by Crippen LogP contribution is 2.28. The van der Waals surface area contributed by atoms with Gasteiger partial charge in [0.1, 0.15) is 5.78 Å². The number of amides is 1. The fourth-order valence-corrected chi connectivity index (χ4v) is 8.17. The molecule has 0 unspecified atom stereocenters. The van der Waals surface area contributed by atoms with Gasteiger partial charge in [-0.3, -0.25) is 19.3 Å². The van der Waals surface area contributed by atoms with E-state index in [2.05, 4.69) is 31.0 Å². The molecule has 0 spiro atoms. The number of carbonyl (C=O) groups is 3. The Kier molecular flexibility index (Phi) is 12.0. The summed E-state index contributed by atoms with van der Waals surface area (Å²) < 4.78 is 30.1. The van der Waals surface area contributed by atoms with Crippen molar-refractivity contribution < 1.29 is 27.5 Å². The summed E-state index contributed by atoms with van der Waals surface area (Å²) in [5, 5.41) is 4.08. The molecule has 2 atom stereocenters. The zero-order chi connectivity index (χ0) is 31.0. The normalized spacial score (nSPS) is 19.1. The van der Waals surface area contributed by atoms with Crippen LogP contribution in [0.5, 0.6) is 0 Å². The summed E-state index contributed by atoms with van der Waals surface area (Å²) in [4.78, 5) is 46.1. The quantitative estimate of drug-likeness (QED) is 0.294. The van der Waals surface area contributed by atoms with Crippen LogP contribution in [0.3, 0.4) is 0 Å². The van der Waals surface area contributed by atoms with Gasteiger partial charge in [0.15, 0.2) is 15.6 Å². The molecule has 0 radical (unpaired) electrons. The minimum absolute atomic E-state index is 0.0362. The molecule has 2 saturated heterocycles. The van der Waals surface area contributed by atoms with Crippen LogP contribution in [0.1, 0.15) is 62.9 Å². The van der Waals surface area contributed by atoms with Gasteiger partial charge in [0.25, 0.3) is 0 Å². The molecule has 1 amide bonds. The fraction of sp³-hybridized carbons (Fsp3) is 0.625. The Morgan fingerprint density at radius 3 is 2.56 bits per heavy atom. The van der Waals surface area contributed by atoms with Crippen molar-refractivity contribution in [1.82, 2.24) is 15.2 Å². The van der Waals surface area contributed by atoms with Crippen molar-refractivity contribution in [2.45, 2.75) is 71.3 Å². The first-order chi connectivity index (χ1) is 20.6. The summed E-state index contributed by atoms with van der Waals surface area (Å²) in [6.45, 7) is 10.3. The fourth-order valence-electron chi connectivity index (χ4n) is 5.79. The maximum absolute atomic E-state index is 13.8. The third kappa shape index (κ3) is 9.76. The highest BCUT2D eigenvalue weighted by atomic mass is 32.2. The van der Waals surface area contributed by atoms with E-state index >= 15 is 0 Å². The molecule has 3 heterocycles. The topological polar surface area (TPSA) is 123 Å². The van der Waals surface area contributed by atoms with E-state index in [9.17, 15) is 22.8 Å². The molecule has 43 heavy (non-hydrogen) atoms. The number of ether oxygens (including phenoxy) is 1. The Bertz CT molecular complexity index is 1400. The molecule has 0 bridgehead atoms. The van der Waals surface area contributed by atoms with E-state index < -0.39 is 15.8 Å². The number of hydrogen-bond acceptors (Lipinski definition) is 9. The van der Waals surface area contributed by atoms with Crippen LogP contribution in [-0.2, 0) is 41.8 Å². The van der Waals surface area contributed by atoms with Gasteiger partial charge in [0.2, 0.25) is 5.91 Å². The largest absolute Gasteiger partial charge is 0.381 e. The van der Waals surface area contributed by atoms with E-state index in [1.54, 1.807) is 11.3 Å². The number of fused-ring (bicyclic) bond motifs is 1. The van der Waals surface area contributed by atoms with Crippen LogP contribution in [-0.4, -0.2) is 86.2 Å². The molecule has 1 N–H and O–H groups in total. The molecule has 2 fully saturated rings. The molecule has 9 nitrogen and oxygen atoms in total. The summed E-state index contributed by atoms with van der Waals surface area (Å²) in [5.74, 6) is -0.374. The third-order valence-electron chi connectivity index (χ3n) is 8.66. The van der Waals surface area contributed by atoms with E-state index in [1.807, 2.05) is 17.9 Å². The summed E-state index contributed by atoms with van der Waals surface area (Å²) in [5.41, 5.74) is 2.60. The Hall–Kier alpha value is -2.47. The van der Waals surface area contributed by atoms with E-state index in [1.165, 1.54) is 5.56 Å². The van der Waals surface area contributed by atoms with Gasteiger partial charge < -0.3 is 10.1 Å². The first-order valence-corrected chi connectivity index (χ1v) is 18.1. The third-order valence-corrected chi connectivity index (χ3v) is 11.3. The molecule has 11 heteroatoms. The monoisotopic (exact) mass is 631 g/mol. The van der Waals surface area contributed by atoms with Crippen molar-refractivity contribution in [2.75, 3.05) is 44.4 Å². The Morgan fingerprint density at radius 2 is 1.88 bits per heavy atom. The van der Waals surface area contributed by atoms with Crippen LogP contribution in [0.25, 0.3) is 10.2 Å². The van der Waals surface area contributed by atoms with Crippen LogP contribution < -0.4 is 5.32 Å². The number of rotatable bonds is 15. The van der Waals surface area contributed by atoms with Crippen molar-refractivity contribution in [3.05, 3.63) is 40.9 Å². The van der Waals surface area contributed by atoms with Gasteiger partial charge in [0.05, 0.1) is 32.6 Å². The van der Waals surface area contributed by atoms with Crippen molar-refractivity contribution in [3.8, 4) is 0 Å². The lowest BCUT2D eigenvalue weighted by Crippen LogP contribution is -2.46. The smallest absolute Gasteiger partial charge is 0.224 e. The van der Waals surface area contributed by atoms with E-state index in [4.69, 9.17) is 9.72 Å². The Labute approximate surface area is 259 Å². The van der Waals surface area contributed by atoms with E-state index in [0.717, 1.165) is 34.5 Å². The van der Waals surface area contributed by atoms with Crippen LogP contribution in [0, 0.1) is 11.8 Å². The molecule has 4 rings (SSSR count). The first-order valence-electron chi connectivity index (χ1n) is 15.5. The average molecular weight is 632 g/mol.